The van der Waals surface area contributed by atoms with Gasteiger partial charge in [0.2, 0.25) is 0 Å². The minimum atomic E-state index is 0.119. The predicted molar refractivity (Wildman–Crippen MR) is 101 cm³/mol. The van der Waals surface area contributed by atoms with Crippen LogP contribution in [0.15, 0.2) is 53.4 Å². The van der Waals surface area contributed by atoms with Crippen LogP contribution in [0, 0.1) is 0 Å². The first-order valence-electron chi connectivity index (χ1n) is 8.16. The Morgan fingerprint density at radius 1 is 1.08 bits per heavy atom. The molecule has 2 N–H and O–H groups in total. The maximum absolute atomic E-state index is 12.6. The van der Waals surface area contributed by atoms with Gasteiger partial charge in [0, 0.05) is 40.4 Å². The molecule has 2 aromatic carbocycles. The summed E-state index contributed by atoms with van der Waals surface area (Å²) in [7, 11) is 0. The molecule has 0 atom stereocenters. The van der Waals surface area contributed by atoms with Gasteiger partial charge in [-0.15, -0.1) is 11.8 Å². The SMILES string of the molecule is NCc1ccc(C(=O)N2CCC(Sc3ccc(Cl)cc3)CC2)cc1. The number of amides is 1. The number of piperidine rings is 1. The minimum absolute atomic E-state index is 0.119. The highest BCUT2D eigenvalue weighted by atomic mass is 35.5. The van der Waals surface area contributed by atoms with E-state index in [0.717, 1.165) is 42.1 Å². The van der Waals surface area contributed by atoms with Gasteiger partial charge in [-0.05, 0) is 54.8 Å². The molecule has 0 radical (unpaired) electrons. The van der Waals surface area contributed by atoms with Crippen molar-refractivity contribution in [2.75, 3.05) is 13.1 Å². The van der Waals surface area contributed by atoms with E-state index in [-0.39, 0.29) is 5.91 Å². The van der Waals surface area contributed by atoms with Crippen molar-refractivity contribution in [3.05, 3.63) is 64.7 Å². The van der Waals surface area contributed by atoms with E-state index in [9.17, 15) is 4.79 Å². The van der Waals surface area contributed by atoms with Crippen molar-refractivity contribution < 1.29 is 4.79 Å². The molecule has 3 nitrogen and oxygen atoms in total. The van der Waals surface area contributed by atoms with E-state index in [1.807, 2.05) is 53.1 Å². The number of nitrogens with two attached hydrogens (primary N) is 1. The van der Waals surface area contributed by atoms with Crippen LogP contribution in [0.1, 0.15) is 28.8 Å². The molecule has 5 heteroatoms. The van der Waals surface area contributed by atoms with Crippen molar-refractivity contribution in [3.63, 3.8) is 0 Å². The summed E-state index contributed by atoms with van der Waals surface area (Å²) in [6, 6.07) is 15.6. The van der Waals surface area contributed by atoms with Gasteiger partial charge in [-0.3, -0.25) is 4.79 Å². The van der Waals surface area contributed by atoms with Gasteiger partial charge in [-0.2, -0.15) is 0 Å². The number of thioether (sulfide) groups is 1. The van der Waals surface area contributed by atoms with Gasteiger partial charge in [-0.25, -0.2) is 0 Å². The second-order valence-corrected chi connectivity index (χ2v) is 7.77. The summed E-state index contributed by atoms with van der Waals surface area (Å²) in [6.45, 7) is 2.12. The largest absolute Gasteiger partial charge is 0.339 e. The lowest BCUT2D eigenvalue weighted by Crippen LogP contribution is -2.39. The summed E-state index contributed by atoms with van der Waals surface area (Å²) >= 11 is 7.80. The topological polar surface area (TPSA) is 46.3 Å². The fourth-order valence-corrected chi connectivity index (χ4v) is 4.10. The molecule has 0 aliphatic carbocycles. The highest BCUT2D eigenvalue weighted by molar-refractivity contribution is 8.00. The van der Waals surface area contributed by atoms with E-state index in [0.29, 0.717) is 11.8 Å². The number of hydrogen-bond acceptors (Lipinski definition) is 3. The van der Waals surface area contributed by atoms with Gasteiger partial charge in [0.15, 0.2) is 0 Å². The molecule has 3 rings (SSSR count). The Morgan fingerprint density at radius 3 is 2.29 bits per heavy atom. The second kappa shape index (κ2) is 8.06. The zero-order valence-electron chi connectivity index (χ0n) is 13.5. The smallest absolute Gasteiger partial charge is 0.253 e. The monoisotopic (exact) mass is 360 g/mol. The van der Waals surface area contributed by atoms with Gasteiger partial charge >= 0.3 is 0 Å². The minimum Gasteiger partial charge on any atom is -0.339 e. The van der Waals surface area contributed by atoms with Crippen LogP contribution in [0.25, 0.3) is 0 Å². The lowest BCUT2D eigenvalue weighted by Gasteiger charge is -2.31. The Labute approximate surface area is 152 Å². The molecule has 0 aromatic heterocycles. The molecule has 0 unspecified atom stereocenters. The van der Waals surface area contributed by atoms with Crippen LogP contribution in [0.3, 0.4) is 0 Å². The number of benzene rings is 2. The van der Waals surface area contributed by atoms with Crippen molar-refractivity contribution in [3.8, 4) is 0 Å². The first kappa shape index (κ1) is 17.3. The van der Waals surface area contributed by atoms with E-state index in [4.69, 9.17) is 17.3 Å². The summed E-state index contributed by atoms with van der Waals surface area (Å²) in [5.74, 6) is 0.119. The Morgan fingerprint density at radius 2 is 1.71 bits per heavy atom. The lowest BCUT2D eigenvalue weighted by atomic mass is 10.1. The summed E-state index contributed by atoms with van der Waals surface area (Å²) in [4.78, 5) is 15.8. The fraction of sp³-hybridized carbons (Fsp3) is 0.316. The van der Waals surface area contributed by atoms with E-state index < -0.39 is 0 Å². The van der Waals surface area contributed by atoms with Gasteiger partial charge < -0.3 is 10.6 Å². The quantitative estimate of drug-likeness (QED) is 0.888. The van der Waals surface area contributed by atoms with E-state index in [1.54, 1.807) is 0 Å². The van der Waals surface area contributed by atoms with Gasteiger partial charge in [0.25, 0.3) is 5.91 Å². The molecule has 0 bridgehead atoms. The van der Waals surface area contributed by atoms with E-state index in [1.165, 1.54) is 4.90 Å². The predicted octanol–water partition coefficient (Wildman–Crippen LogP) is 4.20. The number of rotatable bonds is 4. The molecule has 1 aliphatic heterocycles. The van der Waals surface area contributed by atoms with Crippen LogP contribution in [0.2, 0.25) is 5.02 Å². The molecular weight excluding hydrogens is 340 g/mol. The zero-order valence-corrected chi connectivity index (χ0v) is 15.0. The van der Waals surface area contributed by atoms with Crippen molar-refractivity contribution >= 4 is 29.3 Å². The van der Waals surface area contributed by atoms with E-state index >= 15 is 0 Å². The first-order valence-corrected chi connectivity index (χ1v) is 9.42. The van der Waals surface area contributed by atoms with Crippen molar-refractivity contribution in [1.82, 2.24) is 4.90 Å². The average Bonchev–Trinajstić information content (AvgIpc) is 2.64. The first-order chi connectivity index (χ1) is 11.7. The van der Waals surface area contributed by atoms with Crippen molar-refractivity contribution in [2.24, 2.45) is 5.73 Å². The van der Waals surface area contributed by atoms with Gasteiger partial charge in [0.1, 0.15) is 0 Å². The van der Waals surface area contributed by atoms with Crippen molar-refractivity contribution in [1.29, 1.82) is 0 Å². The Bertz CT molecular complexity index is 680. The standard InChI is InChI=1S/C19H21ClN2OS/c20-16-5-7-17(8-6-16)24-18-9-11-22(12-10-18)19(23)15-3-1-14(13-21)2-4-15/h1-8,18H,9-13,21H2. The Hall–Kier alpha value is -1.49. The molecule has 0 saturated carbocycles. The second-order valence-electron chi connectivity index (χ2n) is 5.96. The van der Waals surface area contributed by atoms with Crippen LogP contribution in [-0.2, 0) is 6.54 Å². The third-order valence-corrected chi connectivity index (χ3v) is 5.88. The molecule has 126 valence electrons. The molecule has 1 saturated heterocycles. The van der Waals surface area contributed by atoms with Crippen LogP contribution in [0.5, 0.6) is 0 Å². The summed E-state index contributed by atoms with van der Waals surface area (Å²) < 4.78 is 0. The van der Waals surface area contributed by atoms with Crippen LogP contribution >= 0.6 is 23.4 Å². The van der Waals surface area contributed by atoms with E-state index in [2.05, 4.69) is 12.1 Å². The molecule has 1 fully saturated rings. The molecule has 1 heterocycles. The van der Waals surface area contributed by atoms with Crippen LogP contribution in [0.4, 0.5) is 0 Å². The van der Waals surface area contributed by atoms with Crippen molar-refractivity contribution in [2.45, 2.75) is 29.5 Å². The summed E-state index contributed by atoms with van der Waals surface area (Å²) in [5, 5.41) is 1.32. The molecule has 1 amide bonds. The number of likely N-dealkylation sites (tertiary alicyclic amines) is 1. The highest BCUT2D eigenvalue weighted by Crippen LogP contribution is 2.31. The highest BCUT2D eigenvalue weighted by Gasteiger charge is 2.24. The number of nitrogens with zero attached hydrogens (tertiary/aromatic N) is 1. The molecule has 1 aliphatic rings. The normalized spacial score (nSPS) is 15.5. The third-order valence-electron chi connectivity index (χ3n) is 4.28. The maximum Gasteiger partial charge on any atom is 0.253 e. The molecule has 2 aromatic rings. The van der Waals surface area contributed by atoms with Gasteiger partial charge in [-0.1, -0.05) is 23.7 Å². The molecular formula is C19H21ClN2OS. The summed E-state index contributed by atoms with van der Waals surface area (Å²) in [6.07, 6.45) is 2.03. The zero-order chi connectivity index (χ0) is 16.9. The number of halogens is 1. The number of carbonyl (C=O) groups is 1. The van der Waals surface area contributed by atoms with Gasteiger partial charge in [0.05, 0.1) is 0 Å². The number of carbonyl (C=O) groups excluding carboxylic acids is 1. The Kier molecular flexibility index (Phi) is 5.82. The molecule has 24 heavy (non-hydrogen) atoms. The van der Waals surface area contributed by atoms with Crippen LogP contribution in [-0.4, -0.2) is 29.1 Å². The number of hydrogen-bond donors (Lipinski definition) is 1. The van der Waals surface area contributed by atoms with Crippen LogP contribution < -0.4 is 5.73 Å². The third kappa shape index (κ3) is 4.32. The molecule has 0 spiro atoms. The maximum atomic E-state index is 12.6. The Balaban J connectivity index is 1.54. The fourth-order valence-electron chi connectivity index (χ4n) is 2.85. The average molecular weight is 361 g/mol. The lowest BCUT2D eigenvalue weighted by molar-refractivity contribution is 0.0727. The summed E-state index contributed by atoms with van der Waals surface area (Å²) in [5.41, 5.74) is 7.39.